The summed E-state index contributed by atoms with van der Waals surface area (Å²) in [7, 11) is 0. The summed E-state index contributed by atoms with van der Waals surface area (Å²) in [5, 5.41) is 9.46. The fourth-order valence-corrected chi connectivity index (χ4v) is 3.03. The predicted molar refractivity (Wildman–Crippen MR) is 81.4 cm³/mol. The van der Waals surface area contributed by atoms with E-state index in [4.69, 9.17) is 5.73 Å². The van der Waals surface area contributed by atoms with Gasteiger partial charge < -0.3 is 10.7 Å². The molecule has 21 heavy (non-hydrogen) atoms. The third kappa shape index (κ3) is 1.58. The lowest BCUT2D eigenvalue weighted by atomic mass is 9.98. The van der Waals surface area contributed by atoms with Crippen molar-refractivity contribution in [1.82, 2.24) is 9.97 Å². The lowest BCUT2D eigenvalue weighted by Crippen LogP contribution is -2.02. The number of nitriles is 1. The molecule has 2 heterocycles. The van der Waals surface area contributed by atoms with Crippen LogP contribution in [0.3, 0.4) is 0 Å². The largest absolute Gasteiger partial charge is 0.383 e. The molecule has 4 nitrogen and oxygen atoms in total. The van der Waals surface area contributed by atoms with Gasteiger partial charge in [-0.25, -0.2) is 4.98 Å². The molecule has 0 saturated carbocycles. The Labute approximate surface area is 121 Å². The van der Waals surface area contributed by atoms with Crippen LogP contribution < -0.4 is 5.73 Å². The minimum Gasteiger partial charge on any atom is -0.383 e. The number of nitrogens with zero attached hydrogens (tertiary/aromatic N) is 2. The molecule has 0 radical (unpaired) electrons. The highest BCUT2D eigenvalue weighted by Gasteiger charge is 2.27. The Balaban J connectivity index is 2.09. The Morgan fingerprint density at radius 2 is 2.05 bits per heavy atom. The number of fused-ring (bicyclic) bond motifs is 3. The van der Waals surface area contributed by atoms with Crippen LogP contribution in [0.25, 0.3) is 22.5 Å². The first kappa shape index (κ1) is 11.7. The highest BCUT2D eigenvalue weighted by atomic mass is 14.9. The number of nitrogen functional groups attached to an aromatic ring is 1. The van der Waals surface area contributed by atoms with Gasteiger partial charge in [0.1, 0.15) is 17.5 Å². The van der Waals surface area contributed by atoms with Crippen LogP contribution in [0.1, 0.15) is 16.7 Å². The molecule has 1 aliphatic carbocycles. The molecule has 0 amide bonds. The lowest BCUT2D eigenvalue weighted by molar-refractivity contribution is 1.21. The van der Waals surface area contributed by atoms with E-state index in [9.17, 15) is 5.26 Å². The van der Waals surface area contributed by atoms with Crippen molar-refractivity contribution < 1.29 is 0 Å². The summed E-state index contributed by atoms with van der Waals surface area (Å²) in [5.74, 6) is 0.289. The van der Waals surface area contributed by atoms with Crippen molar-refractivity contribution in [2.24, 2.45) is 0 Å². The van der Waals surface area contributed by atoms with Crippen LogP contribution in [-0.4, -0.2) is 9.97 Å². The molecule has 0 fully saturated rings. The molecular weight excluding hydrogens is 260 g/mol. The summed E-state index contributed by atoms with van der Waals surface area (Å²) in [6, 6.07) is 14.2. The molecule has 3 N–H and O–H groups in total. The van der Waals surface area contributed by atoms with Crippen molar-refractivity contribution in [2.75, 3.05) is 5.73 Å². The van der Waals surface area contributed by atoms with E-state index in [1.807, 2.05) is 30.5 Å². The van der Waals surface area contributed by atoms with Crippen LogP contribution in [0.15, 0.2) is 42.6 Å². The zero-order valence-electron chi connectivity index (χ0n) is 11.2. The number of nitrogens with two attached hydrogens (primary N) is 1. The van der Waals surface area contributed by atoms with Gasteiger partial charge in [-0.05, 0) is 23.3 Å². The van der Waals surface area contributed by atoms with Gasteiger partial charge in [-0.2, -0.15) is 5.26 Å². The molecular formula is C17H12N4. The quantitative estimate of drug-likeness (QED) is 0.559. The summed E-state index contributed by atoms with van der Waals surface area (Å²) in [6.07, 6.45) is 2.63. The maximum Gasteiger partial charge on any atom is 0.142 e. The second-order valence-electron chi connectivity index (χ2n) is 5.10. The number of anilines is 1. The SMILES string of the molecule is N#Cc1c(N)nc2c(c1-c1ccc[nH]1)Cc1ccccc1-2. The predicted octanol–water partition coefficient (Wildman–Crippen LogP) is 3.10. The minimum absolute atomic E-state index is 0.289. The van der Waals surface area contributed by atoms with Crippen LogP contribution in [0.5, 0.6) is 0 Å². The van der Waals surface area contributed by atoms with Gasteiger partial charge in [0.2, 0.25) is 0 Å². The van der Waals surface area contributed by atoms with Crippen molar-refractivity contribution in [1.29, 1.82) is 5.26 Å². The maximum absolute atomic E-state index is 9.46. The van der Waals surface area contributed by atoms with Crippen LogP contribution in [0.4, 0.5) is 5.82 Å². The molecule has 2 aromatic heterocycles. The highest BCUT2D eigenvalue weighted by molar-refractivity contribution is 5.87. The van der Waals surface area contributed by atoms with Crippen molar-refractivity contribution >= 4 is 5.82 Å². The summed E-state index contributed by atoms with van der Waals surface area (Å²) in [5.41, 5.74) is 12.6. The van der Waals surface area contributed by atoms with E-state index < -0.39 is 0 Å². The number of aromatic amines is 1. The van der Waals surface area contributed by atoms with Gasteiger partial charge in [0.05, 0.1) is 5.69 Å². The summed E-state index contributed by atoms with van der Waals surface area (Å²) >= 11 is 0. The lowest BCUT2D eigenvalue weighted by Gasteiger charge is -2.11. The third-order valence-corrected chi connectivity index (χ3v) is 3.94. The number of hydrogen-bond donors (Lipinski definition) is 2. The molecule has 100 valence electrons. The minimum atomic E-state index is 0.289. The van der Waals surface area contributed by atoms with E-state index in [0.29, 0.717) is 5.56 Å². The summed E-state index contributed by atoms with van der Waals surface area (Å²) in [6.45, 7) is 0. The van der Waals surface area contributed by atoms with Gasteiger partial charge in [0, 0.05) is 29.4 Å². The van der Waals surface area contributed by atoms with Crippen LogP contribution in [-0.2, 0) is 6.42 Å². The van der Waals surface area contributed by atoms with Crippen LogP contribution >= 0.6 is 0 Å². The number of pyridine rings is 1. The van der Waals surface area contributed by atoms with Gasteiger partial charge in [-0.3, -0.25) is 0 Å². The van der Waals surface area contributed by atoms with E-state index in [1.54, 1.807) is 0 Å². The first-order chi connectivity index (χ1) is 10.3. The zero-order valence-corrected chi connectivity index (χ0v) is 11.2. The van der Waals surface area contributed by atoms with Crippen molar-refractivity contribution in [3.63, 3.8) is 0 Å². The fourth-order valence-electron chi connectivity index (χ4n) is 3.03. The average molecular weight is 272 g/mol. The number of H-pyrrole nitrogens is 1. The molecule has 0 atom stereocenters. The number of rotatable bonds is 1. The Morgan fingerprint density at radius 1 is 1.19 bits per heavy atom. The van der Waals surface area contributed by atoms with Gasteiger partial charge in [0.25, 0.3) is 0 Å². The number of nitrogens with one attached hydrogen (secondary N) is 1. The van der Waals surface area contributed by atoms with Gasteiger partial charge in [0.15, 0.2) is 0 Å². The van der Waals surface area contributed by atoms with Gasteiger partial charge in [-0.1, -0.05) is 24.3 Å². The second kappa shape index (κ2) is 4.22. The fraction of sp³-hybridized carbons (Fsp3) is 0.0588. The Kier molecular flexibility index (Phi) is 2.36. The van der Waals surface area contributed by atoms with Gasteiger partial charge in [-0.15, -0.1) is 0 Å². The van der Waals surface area contributed by atoms with E-state index in [2.05, 4.69) is 28.2 Å². The Morgan fingerprint density at radius 3 is 2.81 bits per heavy atom. The summed E-state index contributed by atoms with van der Waals surface area (Å²) in [4.78, 5) is 7.66. The van der Waals surface area contributed by atoms with Crippen molar-refractivity contribution in [2.45, 2.75) is 6.42 Å². The number of hydrogen-bond acceptors (Lipinski definition) is 3. The van der Waals surface area contributed by atoms with E-state index in [1.165, 1.54) is 5.56 Å². The zero-order chi connectivity index (χ0) is 14.4. The van der Waals surface area contributed by atoms with Crippen molar-refractivity contribution in [3.8, 4) is 28.6 Å². The Hall–Kier alpha value is -3.06. The molecule has 3 aromatic rings. The van der Waals surface area contributed by atoms with Crippen molar-refractivity contribution in [3.05, 3.63) is 59.3 Å². The monoisotopic (exact) mass is 272 g/mol. The molecule has 0 saturated heterocycles. The smallest absolute Gasteiger partial charge is 0.142 e. The third-order valence-electron chi connectivity index (χ3n) is 3.94. The molecule has 0 spiro atoms. The molecule has 4 heteroatoms. The molecule has 0 aliphatic heterocycles. The highest BCUT2D eigenvalue weighted by Crippen LogP contribution is 2.42. The maximum atomic E-state index is 9.46. The van der Waals surface area contributed by atoms with Crippen LogP contribution in [0.2, 0.25) is 0 Å². The first-order valence-electron chi connectivity index (χ1n) is 6.74. The molecule has 1 aliphatic rings. The molecule has 0 unspecified atom stereocenters. The number of aromatic nitrogens is 2. The normalized spacial score (nSPS) is 11.8. The standard InChI is InChI=1S/C17H12N4/c18-9-13-15(14-6-3-7-20-14)12-8-10-4-1-2-5-11(10)16(12)21-17(13)19/h1-7,20H,8H2,(H2,19,21). The Bertz CT molecular complexity index is 886. The topological polar surface area (TPSA) is 78.5 Å². The number of benzene rings is 1. The molecule has 0 bridgehead atoms. The average Bonchev–Trinajstić information content (AvgIpc) is 3.13. The van der Waals surface area contributed by atoms with E-state index in [0.717, 1.165) is 34.5 Å². The molecule has 4 rings (SSSR count). The van der Waals surface area contributed by atoms with Crippen LogP contribution in [0, 0.1) is 11.3 Å². The summed E-state index contributed by atoms with van der Waals surface area (Å²) < 4.78 is 0. The van der Waals surface area contributed by atoms with E-state index >= 15 is 0 Å². The first-order valence-corrected chi connectivity index (χ1v) is 6.74. The van der Waals surface area contributed by atoms with Gasteiger partial charge >= 0.3 is 0 Å². The van der Waals surface area contributed by atoms with E-state index in [-0.39, 0.29) is 5.82 Å². The molecule has 1 aromatic carbocycles. The second-order valence-corrected chi connectivity index (χ2v) is 5.10.